The molecule has 0 amide bonds. The molecule has 98 valence electrons. The Kier molecular flexibility index (Phi) is 4.30. The lowest BCUT2D eigenvalue weighted by atomic mass is 10.2. The summed E-state index contributed by atoms with van der Waals surface area (Å²) in [5.41, 5.74) is 0.417. The fourth-order valence-electron chi connectivity index (χ4n) is 1.50. The van der Waals surface area contributed by atoms with Gasteiger partial charge in [0.15, 0.2) is 0 Å². The van der Waals surface area contributed by atoms with Crippen LogP contribution >= 0.6 is 11.3 Å². The van der Waals surface area contributed by atoms with Gasteiger partial charge < -0.3 is 9.47 Å². The topological polar surface area (TPSA) is 52.6 Å². The van der Waals surface area contributed by atoms with Crippen LogP contribution in [0.2, 0.25) is 0 Å². The summed E-state index contributed by atoms with van der Waals surface area (Å²) in [6.07, 6.45) is 0.246. The molecule has 2 rings (SSSR count). The Morgan fingerprint density at radius 3 is 2.47 bits per heavy atom. The number of carbonyl (C=O) groups excluding carboxylic acids is 2. The highest BCUT2D eigenvalue weighted by molar-refractivity contribution is 7.10. The summed E-state index contributed by atoms with van der Waals surface area (Å²) in [7, 11) is 1.32. The number of hydrogen-bond donors (Lipinski definition) is 0. The van der Waals surface area contributed by atoms with Crippen LogP contribution in [0.1, 0.15) is 15.2 Å². The van der Waals surface area contributed by atoms with E-state index >= 15 is 0 Å². The highest BCUT2D eigenvalue weighted by atomic mass is 32.1. The van der Waals surface area contributed by atoms with Crippen molar-refractivity contribution in [2.24, 2.45) is 0 Å². The first-order chi connectivity index (χ1) is 9.19. The molecule has 0 unspecified atom stereocenters. The zero-order valence-corrected chi connectivity index (χ0v) is 11.1. The third-order valence-corrected chi connectivity index (χ3v) is 3.28. The lowest BCUT2D eigenvalue weighted by Gasteiger charge is -2.04. The van der Waals surface area contributed by atoms with Crippen molar-refractivity contribution in [3.8, 4) is 5.75 Å². The third-order valence-electron chi connectivity index (χ3n) is 2.41. The van der Waals surface area contributed by atoms with Crippen molar-refractivity contribution in [1.29, 1.82) is 0 Å². The molecule has 4 nitrogen and oxygen atoms in total. The van der Waals surface area contributed by atoms with E-state index in [2.05, 4.69) is 4.74 Å². The van der Waals surface area contributed by atoms with Crippen molar-refractivity contribution in [3.63, 3.8) is 0 Å². The molecule has 0 saturated heterocycles. The van der Waals surface area contributed by atoms with Crippen molar-refractivity contribution in [2.75, 3.05) is 7.11 Å². The number of methoxy groups -OCH3 is 1. The van der Waals surface area contributed by atoms with Gasteiger partial charge >= 0.3 is 11.9 Å². The van der Waals surface area contributed by atoms with E-state index in [0.29, 0.717) is 11.3 Å². The van der Waals surface area contributed by atoms with Crippen LogP contribution in [0, 0.1) is 0 Å². The molecule has 0 N–H and O–H groups in total. The quantitative estimate of drug-likeness (QED) is 0.636. The van der Waals surface area contributed by atoms with E-state index in [1.807, 2.05) is 17.5 Å². The van der Waals surface area contributed by atoms with Crippen LogP contribution in [0.25, 0.3) is 0 Å². The van der Waals surface area contributed by atoms with Gasteiger partial charge in [0.2, 0.25) is 0 Å². The molecule has 19 heavy (non-hydrogen) atoms. The number of hydrogen-bond acceptors (Lipinski definition) is 5. The molecule has 1 aromatic carbocycles. The van der Waals surface area contributed by atoms with Gasteiger partial charge in [-0.05, 0) is 35.7 Å². The molecule has 0 radical (unpaired) electrons. The van der Waals surface area contributed by atoms with Crippen LogP contribution in [0.3, 0.4) is 0 Å². The van der Waals surface area contributed by atoms with E-state index < -0.39 is 5.97 Å². The van der Waals surface area contributed by atoms with Gasteiger partial charge in [0.05, 0.1) is 19.1 Å². The van der Waals surface area contributed by atoms with E-state index in [1.54, 1.807) is 24.3 Å². The molecule has 0 fully saturated rings. The second-order valence-electron chi connectivity index (χ2n) is 3.75. The predicted molar refractivity (Wildman–Crippen MR) is 71.4 cm³/mol. The van der Waals surface area contributed by atoms with E-state index in [-0.39, 0.29) is 12.4 Å². The van der Waals surface area contributed by atoms with E-state index in [1.165, 1.54) is 18.4 Å². The predicted octanol–water partition coefficient (Wildman–Crippen LogP) is 2.68. The van der Waals surface area contributed by atoms with Crippen LogP contribution in [-0.2, 0) is 16.0 Å². The monoisotopic (exact) mass is 276 g/mol. The Labute approximate surface area is 114 Å². The summed E-state index contributed by atoms with van der Waals surface area (Å²) < 4.78 is 9.75. The summed E-state index contributed by atoms with van der Waals surface area (Å²) in [6, 6.07) is 10.0. The van der Waals surface area contributed by atoms with Gasteiger partial charge in [-0.2, -0.15) is 0 Å². The first-order valence-electron chi connectivity index (χ1n) is 5.60. The van der Waals surface area contributed by atoms with Gasteiger partial charge in [-0.25, -0.2) is 4.79 Å². The molecular weight excluding hydrogens is 264 g/mol. The molecule has 0 bridgehead atoms. The molecule has 0 atom stereocenters. The number of rotatable bonds is 4. The van der Waals surface area contributed by atoms with Gasteiger partial charge in [0.25, 0.3) is 0 Å². The second-order valence-corrected chi connectivity index (χ2v) is 4.78. The average molecular weight is 276 g/mol. The fraction of sp³-hybridized carbons (Fsp3) is 0.143. The molecule has 5 heteroatoms. The number of thiophene rings is 1. The summed E-state index contributed by atoms with van der Waals surface area (Å²) >= 11 is 1.51. The maximum Gasteiger partial charge on any atom is 0.337 e. The minimum Gasteiger partial charge on any atom is -0.465 e. The number of carbonyl (C=O) groups is 2. The van der Waals surface area contributed by atoms with Crippen LogP contribution in [0.15, 0.2) is 41.8 Å². The van der Waals surface area contributed by atoms with Gasteiger partial charge in [-0.15, -0.1) is 11.3 Å². The largest absolute Gasteiger partial charge is 0.465 e. The van der Waals surface area contributed by atoms with E-state index in [0.717, 1.165) is 4.88 Å². The maximum absolute atomic E-state index is 11.6. The molecule has 0 spiro atoms. The summed E-state index contributed by atoms with van der Waals surface area (Å²) in [5, 5.41) is 1.91. The number of benzene rings is 1. The summed E-state index contributed by atoms with van der Waals surface area (Å²) in [6.45, 7) is 0. The summed E-state index contributed by atoms with van der Waals surface area (Å²) in [5.74, 6) is -0.334. The Bertz CT molecular complexity index is 558. The molecule has 0 saturated carbocycles. The minimum atomic E-state index is -0.420. The SMILES string of the molecule is COC(=O)c1ccc(OC(=O)Cc2cccs2)cc1. The summed E-state index contributed by atoms with van der Waals surface area (Å²) in [4.78, 5) is 23.8. The van der Waals surface area contributed by atoms with E-state index in [9.17, 15) is 9.59 Å². The molecule has 1 heterocycles. The van der Waals surface area contributed by atoms with Crippen LogP contribution in [-0.4, -0.2) is 19.0 Å². The van der Waals surface area contributed by atoms with Crippen LogP contribution in [0.4, 0.5) is 0 Å². The van der Waals surface area contributed by atoms with Gasteiger partial charge in [0, 0.05) is 4.88 Å². The van der Waals surface area contributed by atoms with Crippen LogP contribution in [0.5, 0.6) is 5.75 Å². The minimum absolute atomic E-state index is 0.246. The molecule has 0 aliphatic rings. The maximum atomic E-state index is 11.6. The van der Waals surface area contributed by atoms with Gasteiger partial charge in [-0.3, -0.25) is 4.79 Å². The van der Waals surface area contributed by atoms with Gasteiger partial charge in [0.1, 0.15) is 5.75 Å². The number of ether oxygens (including phenoxy) is 2. The van der Waals surface area contributed by atoms with Crippen molar-refractivity contribution < 1.29 is 19.1 Å². The zero-order valence-electron chi connectivity index (χ0n) is 10.3. The Balaban J connectivity index is 1.96. The molecule has 0 aliphatic heterocycles. The Morgan fingerprint density at radius 1 is 1.16 bits per heavy atom. The highest BCUT2D eigenvalue weighted by Gasteiger charge is 2.09. The van der Waals surface area contributed by atoms with Crippen molar-refractivity contribution >= 4 is 23.3 Å². The standard InChI is InChI=1S/C14H12O4S/c1-17-14(16)10-4-6-11(7-5-10)18-13(15)9-12-3-2-8-19-12/h2-8H,9H2,1H3. The Morgan fingerprint density at radius 2 is 1.89 bits per heavy atom. The van der Waals surface area contributed by atoms with Crippen molar-refractivity contribution in [2.45, 2.75) is 6.42 Å². The van der Waals surface area contributed by atoms with Crippen molar-refractivity contribution in [1.82, 2.24) is 0 Å². The normalized spacial score (nSPS) is 9.95. The van der Waals surface area contributed by atoms with Crippen LogP contribution < -0.4 is 4.74 Å². The number of esters is 2. The molecular formula is C14H12O4S. The zero-order chi connectivity index (χ0) is 13.7. The van der Waals surface area contributed by atoms with Crippen molar-refractivity contribution in [3.05, 3.63) is 52.2 Å². The molecule has 1 aromatic heterocycles. The fourth-order valence-corrected chi connectivity index (χ4v) is 2.19. The second kappa shape index (κ2) is 6.15. The average Bonchev–Trinajstić information content (AvgIpc) is 2.91. The Hall–Kier alpha value is -2.14. The third kappa shape index (κ3) is 3.66. The lowest BCUT2D eigenvalue weighted by Crippen LogP contribution is -2.10. The molecule has 2 aromatic rings. The van der Waals surface area contributed by atoms with Gasteiger partial charge in [-0.1, -0.05) is 6.07 Å². The lowest BCUT2D eigenvalue weighted by molar-refractivity contribution is -0.133. The first-order valence-corrected chi connectivity index (χ1v) is 6.48. The highest BCUT2D eigenvalue weighted by Crippen LogP contribution is 2.15. The van der Waals surface area contributed by atoms with E-state index in [4.69, 9.17) is 4.74 Å². The molecule has 0 aliphatic carbocycles. The first kappa shape index (κ1) is 13.3. The smallest absolute Gasteiger partial charge is 0.337 e.